The van der Waals surface area contributed by atoms with Gasteiger partial charge >= 0.3 is 0 Å². The first-order valence-electron chi connectivity index (χ1n) is 7.38. The smallest absolute Gasteiger partial charge is 0.238 e. The number of alkyl halides is 1. The van der Waals surface area contributed by atoms with E-state index < -0.39 is 5.38 Å². The van der Waals surface area contributed by atoms with Crippen molar-refractivity contribution < 1.29 is 4.79 Å². The van der Waals surface area contributed by atoms with Crippen molar-refractivity contribution >= 4 is 17.5 Å². The lowest BCUT2D eigenvalue weighted by Crippen LogP contribution is -2.35. The number of carbonyl (C=O) groups excluding carboxylic acids is 1. The zero-order valence-corrected chi connectivity index (χ0v) is 12.6. The van der Waals surface area contributed by atoms with Gasteiger partial charge in [0.15, 0.2) is 0 Å². The van der Waals surface area contributed by atoms with Gasteiger partial charge in [-0.05, 0) is 25.3 Å². The topological polar surface area (TPSA) is 54.9 Å². The average Bonchev–Trinajstić information content (AvgIpc) is 2.48. The summed E-state index contributed by atoms with van der Waals surface area (Å²) >= 11 is 5.85. The minimum absolute atomic E-state index is 0.131. The van der Waals surface area contributed by atoms with Gasteiger partial charge < -0.3 is 5.32 Å². The van der Waals surface area contributed by atoms with Crippen LogP contribution in [0.25, 0.3) is 0 Å². The minimum atomic E-state index is -0.535. The van der Waals surface area contributed by atoms with E-state index in [0.29, 0.717) is 11.7 Å². The minimum Gasteiger partial charge on any atom is -0.345 e. The Balaban J connectivity index is 2.05. The molecule has 0 spiro atoms. The highest BCUT2D eigenvalue weighted by Gasteiger charge is 2.24. The Morgan fingerprint density at radius 2 is 2.00 bits per heavy atom. The van der Waals surface area contributed by atoms with Gasteiger partial charge in [0.05, 0.1) is 6.04 Å². The molecule has 0 saturated heterocycles. The van der Waals surface area contributed by atoms with Gasteiger partial charge in [-0.3, -0.25) is 4.79 Å². The maximum atomic E-state index is 11.9. The summed E-state index contributed by atoms with van der Waals surface area (Å²) in [5.41, 5.74) is 0. The number of carbonyl (C=O) groups is 1. The van der Waals surface area contributed by atoms with Crippen LogP contribution >= 0.6 is 11.6 Å². The molecule has 0 radical (unpaired) electrons. The Kier molecular flexibility index (Phi) is 5.77. The second-order valence-electron chi connectivity index (χ2n) is 5.52. The first-order valence-corrected chi connectivity index (χ1v) is 7.82. The summed E-state index contributed by atoms with van der Waals surface area (Å²) in [5.74, 6) is 1.17. The molecule has 1 heterocycles. The Hall–Kier alpha value is -1.16. The van der Waals surface area contributed by atoms with Crippen LogP contribution in [-0.2, 0) is 4.79 Å². The molecular formula is C15H22ClN3O. The molecule has 1 saturated carbocycles. The highest BCUT2D eigenvalue weighted by molar-refractivity contribution is 6.30. The Morgan fingerprint density at radius 3 is 2.60 bits per heavy atom. The molecule has 20 heavy (non-hydrogen) atoms. The molecule has 1 aliphatic carbocycles. The molecule has 0 aromatic carbocycles. The summed E-state index contributed by atoms with van der Waals surface area (Å²) in [6.07, 6.45) is 10.7. The number of hydrogen-bond donors (Lipinski definition) is 1. The summed E-state index contributed by atoms with van der Waals surface area (Å²) in [6, 6.07) is 1.65. The lowest BCUT2D eigenvalue weighted by atomic mass is 9.84. The molecule has 1 aliphatic rings. The number of nitrogens with one attached hydrogen (secondary N) is 1. The summed E-state index contributed by atoms with van der Waals surface area (Å²) in [4.78, 5) is 20.4. The number of amides is 1. The van der Waals surface area contributed by atoms with Gasteiger partial charge in [-0.1, -0.05) is 32.1 Å². The van der Waals surface area contributed by atoms with Crippen LogP contribution in [0.3, 0.4) is 0 Å². The first-order chi connectivity index (χ1) is 9.66. The standard InChI is InChI=1S/C15H22ClN3O/c1-11(16)15(20)19-13(14-17-8-5-9-18-14)10-12-6-3-2-4-7-12/h5,8-9,11-13H,2-4,6-7,10H2,1H3,(H,19,20). The molecule has 5 heteroatoms. The van der Waals surface area contributed by atoms with Crippen molar-refractivity contribution in [3.63, 3.8) is 0 Å². The van der Waals surface area contributed by atoms with Crippen LogP contribution in [0.4, 0.5) is 0 Å². The highest BCUT2D eigenvalue weighted by atomic mass is 35.5. The van der Waals surface area contributed by atoms with E-state index in [2.05, 4.69) is 15.3 Å². The molecule has 2 rings (SSSR count). The molecule has 0 aliphatic heterocycles. The molecular weight excluding hydrogens is 274 g/mol. The number of hydrogen-bond acceptors (Lipinski definition) is 3. The second-order valence-corrected chi connectivity index (χ2v) is 6.18. The third-order valence-corrected chi connectivity index (χ3v) is 4.07. The van der Waals surface area contributed by atoms with E-state index in [4.69, 9.17) is 11.6 Å². The third kappa shape index (κ3) is 4.44. The number of rotatable bonds is 5. The van der Waals surface area contributed by atoms with Gasteiger partial charge in [0.2, 0.25) is 5.91 Å². The molecule has 110 valence electrons. The molecule has 1 aromatic rings. The van der Waals surface area contributed by atoms with Gasteiger partial charge in [-0.2, -0.15) is 0 Å². The summed E-state index contributed by atoms with van der Waals surface area (Å²) < 4.78 is 0. The van der Waals surface area contributed by atoms with Crippen molar-refractivity contribution in [2.45, 2.75) is 56.9 Å². The van der Waals surface area contributed by atoms with Crippen molar-refractivity contribution in [3.8, 4) is 0 Å². The summed E-state index contributed by atoms with van der Waals surface area (Å²) in [5, 5.41) is 2.45. The van der Waals surface area contributed by atoms with E-state index in [1.54, 1.807) is 25.4 Å². The largest absolute Gasteiger partial charge is 0.345 e. The second kappa shape index (κ2) is 7.58. The number of nitrogens with zero attached hydrogens (tertiary/aromatic N) is 2. The van der Waals surface area contributed by atoms with Crippen LogP contribution < -0.4 is 5.32 Å². The van der Waals surface area contributed by atoms with E-state index in [1.807, 2.05) is 0 Å². The highest BCUT2D eigenvalue weighted by Crippen LogP contribution is 2.31. The maximum absolute atomic E-state index is 11.9. The molecule has 1 amide bonds. The molecule has 2 unspecified atom stereocenters. The lowest BCUT2D eigenvalue weighted by Gasteiger charge is -2.26. The van der Waals surface area contributed by atoms with E-state index in [0.717, 1.165) is 6.42 Å². The predicted molar refractivity (Wildman–Crippen MR) is 79.4 cm³/mol. The van der Waals surface area contributed by atoms with E-state index in [1.165, 1.54) is 32.1 Å². The van der Waals surface area contributed by atoms with E-state index >= 15 is 0 Å². The zero-order valence-electron chi connectivity index (χ0n) is 11.9. The molecule has 4 nitrogen and oxygen atoms in total. The predicted octanol–water partition coefficient (Wildman–Crippen LogP) is 3.23. The van der Waals surface area contributed by atoms with Crippen molar-refractivity contribution in [1.82, 2.24) is 15.3 Å². The Bertz CT molecular complexity index is 418. The molecule has 1 N–H and O–H groups in total. The average molecular weight is 296 g/mol. The fourth-order valence-electron chi connectivity index (χ4n) is 2.76. The van der Waals surface area contributed by atoms with Crippen LogP contribution in [0.1, 0.15) is 57.3 Å². The van der Waals surface area contributed by atoms with Crippen molar-refractivity contribution in [2.24, 2.45) is 5.92 Å². The van der Waals surface area contributed by atoms with Crippen LogP contribution in [0.5, 0.6) is 0 Å². The van der Waals surface area contributed by atoms with Crippen molar-refractivity contribution in [3.05, 3.63) is 24.3 Å². The van der Waals surface area contributed by atoms with Crippen molar-refractivity contribution in [1.29, 1.82) is 0 Å². The quantitative estimate of drug-likeness (QED) is 0.849. The lowest BCUT2D eigenvalue weighted by molar-refractivity contribution is -0.121. The number of aromatic nitrogens is 2. The van der Waals surface area contributed by atoms with Crippen LogP contribution in [0.15, 0.2) is 18.5 Å². The summed E-state index contributed by atoms with van der Waals surface area (Å²) in [6.45, 7) is 1.68. The Labute approximate surface area is 125 Å². The van der Waals surface area contributed by atoms with Gasteiger partial charge in [0.25, 0.3) is 0 Å². The third-order valence-electron chi connectivity index (χ3n) is 3.87. The fourth-order valence-corrected chi connectivity index (χ4v) is 2.83. The van der Waals surface area contributed by atoms with Gasteiger partial charge in [0, 0.05) is 12.4 Å². The molecule has 2 atom stereocenters. The van der Waals surface area contributed by atoms with Crippen LogP contribution in [0, 0.1) is 5.92 Å². The normalized spacial score (nSPS) is 19.3. The zero-order chi connectivity index (χ0) is 14.4. The van der Waals surface area contributed by atoms with Gasteiger partial charge in [0.1, 0.15) is 11.2 Å². The molecule has 0 bridgehead atoms. The van der Waals surface area contributed by atoms with Gasteiger partial charge in [-0.15, -0.1) is 11.6 Å². The fraction of sp³-hybridized carbons (Fsp3) is 0.667. The Morgan fingerprint density at radius 1 is 1.35 bits per heavy atom. The van der Waals surface area contributed by atoms with Crippen LogP contribution in [-0.4, -0.2) is 21.3 Å². The number of halogens is 1. The molecule has 1 fully saturated rings. The summed E-state index contributed by atoms with van der Waals surface area (Å²) in [7, 11) is 0. The van der Waals surface area contributed by atoms with E-state index in [-0.39, 0.29) is 11.9 Å². The van der Waals surface area contributed by atoms with Crippen molar-refractivity contribution in [2.75, 3.05) is 0 Å². The SMILES string of the molecule is CC(Cl)C(=O)NC(CC1CCCCC1)c1ncccn1. The van der Waals surface area contributed by atoms with Crippen LogP contribution in [0.2, 0.25) is 0 Å². The van der Waals surface area contributed by atoms with Gasteiger partial charge in [-0.25, -0.2) is 9.97 Å². The maximum Gasteiger partial charge on any atom is 0.238 e. The first kappa shape index (κ1) is 15.2. The molecule has 1 aromatic heterocycles. The monoisotopic (exact) mass is 295 g/mol. The van der Waals surface area contributed by atoms with E-state index in [9.17, 15) is 4.79 Å².